The maximum absolute atomic E-state index is 9.72. The van der Waals surface area contributed by atoms with Gasteiger partial charge in [0, 0.05) is 5.56 Å². The van der Waals surface area contributed by atoms with Crippen LogP contribution in [0.3, 0.4) is 0 Å². The number of phenols is 1. The Kier molecular flexibility index (Phi) is 4.12. The van der Waals surface area contributed by atoms with Crippen molar-refractivity contribution in [3.63, 3.8) is 0 Å². The van der Waals surface area contributed by atoms with Crippen LogP contribution in [-0.2, 0) is 0 Å². The van der Waals surface area contributed by atoms with Crippen molar-refractivity contribution >= 4 is 23.2 Å². The summed E-state index contributed by atoms with van der Waals surface area (Å²) in [5, 5.41) is 20.7. The Morgan fingerprint density at radius 2 is 1.81 bits per heavy atom. The molecule has 0 unspecified atom stereocenters. The van der Waals surface area contributed by atoms with E-state index in [9.17, 15) is 5.11 Å². The molecule has 0 aromatic heterocycles. The molecule has 0 aliphatic carbocycles. The van der Waals surface area contributed by atoms with Gasteiger partial charge in [0.25, 0.3) is 0 Å². The van der Waals surface area contributed by atoms with Gasteiger partial charge in [-0.2, -0.15) is 0 Å². The van der Waals surface area contributed by atoms with Crippen LogP contribution in [0.1, 0.15) is 11.6 Å². The van der Waals surface area contributed by atoms with E-state index in [2.05, 4.69) is 0 Å². The highest BCUT2D eigenvalue weighted by atomic mass is 35.5. The van der Waals surface area contributed by atoms with Gasteiger partial charge in [-0.15, -0.1) is 12.4 Å². The Bertz CT molecular complexity index is 487. The molecule has 4 N–H and O–H groups in total. The number of hydrogen-bond donors (Lipinski definition) is 3. The van der Waals surface area contributed by atoms with E-state index < -0.39 is 6.04 Å². The first-order valence-corrected chi connectivity index (χ1v) is 4.81. The second-order valence-electron chi connectivity index (χ2n) is 3.51. The topological polar surface area (TPSA) is 66.5 Å². The molecule has 0 fully saturated rings. The molecule has 1 atom stereocenters. The highest BCUT2D eigenvalue weighted by Crippen LogP contribution is 2.30. The number of halogens is 1. The SMILES string of the molecule is Cl.N[C@H](CO)c1c(O)ccc2ccccc12. The minimum atomic E-state index is -0.545. The lowest BCUT2D eigenvalue weighted by atomic mass is 9.98. The fourth-order valence-electron chi connectivity index (χ4n) is 1.77. The normalized spacial score (nSPS) is 12.1. The molecule has 0 heterocycles. The maximum Gasteiger partial charge on any atom is 0.121 e. The van der Waals surface area contributed by atoms with Gasteiger partial charge in [-0.1, -0.05) is 30.3 Å². The van der Waals surface area contributed by atoms with Crippen molar-refractivity contribution in [1.82, 2.24) is 0 Å². The van der Waals surface area contributed by atoms with Gasteiger partial charge in [0.05, 0.1) is 12.6 Å². The van der Waals surface area contributed by atoms with Crippen molar-refractivity contribution in [2.24, 2.45) is 5.73 Å². The first-order chi connectivity index (χ1) is 7.24. The maximum atomic E-state index is 9.72. The zero-order valence-electron chi connectivity index (χ0n) is 8.63. The van der Waals surface area contributed by atoms with E-state index in [1.807, 2.05) is 30.3 Å². The molecule has 0 bridgehead atoms. The van der Waals surface area contributed by atoms with Crippen LogP contribution >= 0.6 is 12.4 Å². The molecule has 86 valence electrons. The summed E-state index contributed by atoms with van der Waals surface area (Å²) in [6.07, 6.45) is 0. The fraction of sp³-hybridized carbons (Fsp3) is 0.167. The molecule has 0 aliphatic heterocycles. The van der Waals surface area contributed by atoms with Gasteiger partial charge in [0.2, 0.25) is 0 Å². The summed E-state index contributed by atoms with van der Waals surface area (Å²) in [4.78, 5) is 0. The van der Waals surface area contributed by atoms with Crippen LogP contribution in [0.2, 0.25) is 0 Å². The van der Waals surface area contributed by atoms with Crippen molar-refractivity contribution in [1.29, 1.82) is 0 Å². The first-order valence-electron chi connectivity index (χ1n) is 4.81. The molecule has 4 heteroatoms. The Morgan fingerprint density at radius 1 is 1.12 bits per heavy atom. The fourth-order valence-corrected chi connectivity index (χ4v) is 1.77. The Labute approximate surface area is 99.9 Å². The minimum absolute atomic E-state index is 0. The second kappa shape index (κ2) is 5.16. The second-order valence-corrected chi connectivity index (χ2v) is 3.51. The van der Waals surface area contributed by atoms with Crippen molar-refractivity contribution < 1.29 is 10.2 Å². The van der Waals surface area contributed by atoms with Crippen LogP contribution in [0.25, 0.3) is 10.8 Å². The summed E-state index contributed by atoms with van der Waals surface area (Å²) < 4.78 is 0. The van der Waals surface area contributed by atoms with Gasteiger partial charge >= 0.3 is 0 Å². The van der Waals surface area contributed by atoms with E-state index in [0.29, 0.717) is 5.56 Å². The lowest BCUT2D eigenvalue weighted by Crippen LogP contribution is -2.15. The van der Waals surface area contributed by atoms with Crippen molar-refractivity contribution in [3.8, 4) is 5.75 Å². The van der Waals surface area contributed by atoms with E-state index in [0.717, 1.165) is 10.8 Å². The molecular weight excluding hydrogens is 226 g/mol. The minimum Gasteiger partial charge on any atom is -0.508 e. The summed E-state index contributed by atoms with van der Waals surface area (Å²) in [5.74, 6) is 0.134. The molecule has 0 aliphatic rings. The number of nitrogens with two attached hydrogens (primary N) is 1. The van der Waals surface area contributed by atoms with E-state index in [1.54, 1.807) is 6.07 Å². The summed E-state index contributed by atoms with van der Waals surface area (Å²) >= 11 is 0. The lowest BCUT2D eigenvalue weighted by Gasteiger charge is -2.13. The number of phenolic OH excluding ortho intramolecular Hbond substituents is 1. The number of aromatic hydroxyl groups is 1. The molecule has 16 heavy (non-hydrogen) atoms. The molecule has 0 saturated heterocycles. The summed E-state index contributed by atoms with van der Waals surface area (Å²) in [6.45, 7) is -0.179. The first kappa shape index (κ1) is 12.8. The number of benzene rings is 2. The smallest absolute Gasteiger partial charge is 0.121 e. The third kappa shape index (κ3) is 2.11. The monoisotopic (exact) mass is 239 g/mol. The molecule has 0 radical (unpaired) electrons. The van der Waals surface area contributed by atoms with Gasteiger partial charge in [-0.3, -0.25) is 0 Å². The van der Waals surface area contributed by atoms with E-state index in [1.165, 1.54) is 0 Å². The average Bonchev–Trinajstić information content (AvgIpc) is 2.28. The van der Waals surface area contributed by atoms with Gasteiger partial charge in [-0.25, -0.2) is 0 Å². The number of rotatable bonds is 2. The van der Waals surface area contributed by atoms with Crippen molar-refractivity contribution in [2.45, 2.75) is 6.04 Å². The Morgan fingerprint density at radius 3 is 2.50 bits per heavy atom. The van der Waals surface area contributed by atoms with Gasteiger partial charge < -0.3 is 15.9 Å². The van der Waals surface area contributed by atoms with E-state index in [-0.39, 0.29) is 24.8 Å². The van der Waals surface area contributed by atoms with Crippen molar-refractivity contribution in [2.75, 3.05) is 6.61 Å². The third-order valence-electron chi connectivity index (χ3n) is 2.52. The van der Waals surface area contributed by atoms with Crippen LogP contribution < -0.4 is 5.73 Å². The Balaban J connectivity index is 0.00000128. The molecule has 0 spiro atoms. The molecule has 3 nitrogen and oxygen atoms in total. The largest absolute Gasteiger partial charge is 0.508 e. The average molecular weight is 240 g/mol. The predicted octanol–water partition coefficient (Wildman–Crippen LogP) is 1.96. The molecular formula is C12H14ClNO2. The van der Waals surface area contributed by atoms with Crippen molar-refractivity contribution in [3.05, 3.63) is 42.0 Å². The lowest BCUT2D eigenvalue weighted by molar-refractivity contribution is 0.266. The number of hydrogen-bond acceptors (Lipinski definition) is 3. The number of aliphatic hydroxyl groups excluding tert-OH is 1. The third-order valence-corrected chi connectivity index (χ3v) is 2.52. The number of fused-ring (bicyclic) bond motifs is 1. The van der Waals surface area contributed by atoms with E-state index >= 15 is 0 Å². The quantitative estimate of drug-likeness (QED) is 0.751. The Hall–Kier alpha value is -1.29. The summed E-state index contributed by atoms with van der Waals surface area (Å²) in [6, 6.07) is 10.5. The molecule has 0 amide bonds. The van der Waals surface area contributed by atoms with Gasteiger partial charge in [0.1, 0.15) is 5.75 Å². The van der Waals surface area contributed by atoms with Crippen LogP contribution in [0, 0.1) is 0 Å². The molecule has 0 saturated carbocycles. The standard InChI is InChI=1S/C12H13NO2.ClH/c13-10(7-14)12-9-4-2-1-3-8(9)5-6-11(12)15;/h1-6,10,14-15H,7,13H2;1H/t10-;/m1./s1. The zero-order valence-corrected chi connectivity index (χ0v) is 9.45. The van der Waals surface area contributed by atoms with Crippen LogP contribution in [0.15, 0.2) is 36.4 Å². The highest BCUT2D eigenvalue weighted by Gasteiger charge is 2.13. The molecule has 2 aromatic rings. The van der Waals surface area contributed by atoms with Gasteiger partial charge in [0.15, 0.2) is 0 Å². The molecule has 2 aromatic carbocycles. The van der Waals surface area contributed by atoms with E-state index in [4.69, 9.17) is 10.8 Å². The van der Waals surface area contributed by atoms with Crippen LogP contribution in [-0.4, -0.2) is 16.8 Å². The van der Waals surface area contributed by atoms with Crippen LogP contribution in [0.4, 0.5) is 0 Å². The number of aliphatic hydroxyl groups is 1. The highest BCUT2D eigenvalue weighted by molar-refractivity contribution is 5.88. The summed E-state index contributed by atoms with van der Waals surface area (Å²) in [7, 11) is 0. The molecule has 2 rings (SSSR count). The zero-order chi connectivity index (χ0) is 10.8. The predicted molar refractivity (Wildman–Crippen MR) is 66.9 cm³/mol. The summed E-state index contributed by atoms with van der Waals surface area (Å²) in [5.41, 5.74) is 6.36. The van der Waals surface area contributed by atoms with Crippen LogP contribution in [0.5, 0.6) is 5.75 Å². The van der Waals surface area contributed by atoms with Gasteiger partial charge in [-0.05, 0) is 16.8 Å².